The molecule has 0 saturated carbocycles. The molecule has 1 N–H and O–H groups in total. The third-order valence-corrected chi connectivity index (χ3v) is 2.47. The number of hydrogen-bond acceptors (Lipinski definition) is 4. The molecule has 1 rings (SSSR count). The van der Waals surface area contributed by atoms with E-state index in [0.29, 0.717) is 12.5 Å². The summed E-state index contributed by atoms with van der Waals surface area (Å²) in [5.74, 6) is 2.37. The number of aryl methyl sites for hydroxylation is 1. The van der Waals surface area contributed by atoms with Crippen molar-refractivity contribution in [3.8, 4) is 5.88 Å². The van der Waals surface area contributed by atoms with E-state index in [1.54, 1.807) is 0 Å². The van der Waals surface area contributed by atoms with Crippen molar-refractivity contribution in [3.05, 3.63) is 11.9 Å². The van der Waals surface area contributed by atoms with E-state index in [1.165, 1.54) is 0 Å². The minimum Gasteiger partial charge on any atom is -0.478 e. The average molecular weight is 265 g/mol. The molecule has 19 heavy (non-hydrogen) atoms. The minimum atomic E-state index is -0.0154. The van der Waals surface area contributed by atoms with Crippen molar-refractivity contribution in [2.24, 2.45) is 0 Å². The maximum atomic E-state index is 5.70. The largest absolute Gasteiger partial charge is 0.478 e. The van der Waals surface area contributed by atoms with Crippen LogP contribution in [0.25, 0.3) is 0 Å². The van der Waals surface area contributed by atoms with Gasteiger partial charge in [-0.3, -0.25) is 0 Å². The lowest BCUT2D eigenvalue weighted by Crippen LogP contribution is -2.27. The topological polar surface area (TPSA) is 47.0 Å². The number of anilines is 1. The van der Waals surface area contributed by atoms with E-state index in [9.17, 15) is 0 Å². The maximum Gasteiger partial charge on any atom is 0.218 e. The van der Waals surface area contributed by atoms with Gasteiger partial charge in [0.1, 0.15) is 11.6 Å². The Kier molecular flexibility index (Phi) is 6.06. The first-order valence-electron chi connectivity index (χ1n) is 7.23. The summed E-state index contributed by atoms with van der Waals surface area (Å²) >= 11 is 0. The van der Waals surface area contributed by atoms with Crippen molar-refractivity contribution in [2.45, 2.75) is 65.8 Å². The highest BCUT2D eigenvalue weighted by Gasteiger charge is 2.12. The molecule has 0 atom stereocenters. The van der Waals surface area contributed by atoms with E-state index < -0.39 is 0 Å². The highest BCUT2D eigenvalue weighted by atomic mass is 16.5. The summed E-state index contributed by atoms with van der Waals surface area (Å²) in [7, 11) is 0. The number of aromatic nitrogens is 2. The van der Waals surface area contributed by atoms with Crippen LogP contribution in [0.15, 0.2) is 6.07 Å². The standard InChI is InChI=1S/C15H27N3O/c1-6-8-10-19-14-11-13(18-15(3,4)5)16-12(17-14)9-7-2/h11H,6-10H2,1-5H3,(H,16,17,18). The van der Waals surface area contributed by atoms with Crippen LogP contribution in [0, 0.1) is 0 Å². The van der Waals surface area contributed by atoms with Gasteiger partial charge in [-0.25, -0.2) is 4.98 Å². The van der Waals surface area contributed by atoms with Crippen LogP contribution in [0.5, 0.6) is 5.88 Å². The number of ether oxygens (including phenoxy) is 1. The van der Waals surface area contributed by atoms with Gasteiger partial charge in [0, 0.05) is 18.0 Å². The minimum absolute atomic E-state index is 0.0154. The highest BCUT2D eigenvalue weighted by molar-refractivity contribution is 5.40. The quantitative estimate of drug-likeness (QED) is 0.761. The molecular formula is C15H27N3O. The molecule has 0 aliphatic heterocycles. The Morgan fingerprint density at radius 1 is 1.16 bits per heavy atom. The van der Waals surface area contributed by atoms with Crippen molar-refractivity contribution in [2.75, 3.05) is 11.9 Å². The third-order valence-electron chi connectivity index (χ3n) is 2.47. The van der Waals surface area contributed by atoms with Gasteiger partial charge < -0.3 is 10.1 Å². The maximum absolute atomic E-state index is 5.70. The second-order valence-electron chi connectivity index (χ2n) is 5.83. The lowest BCUT2D eigenvalue weighted by Gasteiger charge is -2.22. The van der Waals surface area contributed by atoms with E-state index >= 15 is 0 Å². The second kappa shape index (κ2) is 7.31. The Morgan fingerprint density at radius 3 is 2.47 bits per heavy atom. The van der Waals surface area contributed by atoms with Crippen LogP contribution in [0.2, 0.25) is 0 Å². The molecule has 0 bridgehead atoms. The van der Waals surface area contributed by atoms with Crippen molar-refractivity contribution in [3.63, 3.8) is 0 Å². The molecule has 0 fully saturated rings. The van der Waals surface area contributed by atoms with E-state index in [-0.39, 0.29) is 5.54 Å². The zero-order chi connectivity index (χ0) is 14.3. The van der Waals surface area contributed by atoms with Crippen molar-refractivity contribution in [1.82, 2.24) is 9.97 Å². The van der Waals surface area contributed by atoms with Crippen LogP contribution >= 0.6 is 0 Å². The van der Waals surface area contributed by atoms with Crippen molar-refractivity contribution < 1.29 is 4.74 Å². The van der Waals surface area contributed by atoms with Gasteiger partial charge in [-0.05, 0) is 33.6 Å². The molecule has 0 radical (unpaired) electrons. The summed E-state index contributed by atoms with van der Waals surface area (Å²) in [6, 6.07) is 1.89. The van der Waals surface area contributed by atoms with Gasteiger partial charge in [0.15, 0.2) is 0 Å². The van der Waals surface area contributed by atoms with E-state index in [4.69, 9.17) is 4.74 Å². The second-order valence-corrected chi connectivity index (χ2v) is 5.83. The molecule has 4 heteroatoms. The zero-order valence-corrected chi connectivity index (χ0v) is 12.9. The summed E-state index contributed by atoms with van der Waals surface area (Å²) in [5.41, 5.74) is -0.0154. The Balaban J connectivity index is 2.83. The smallest absolute Gasteiger partial charge is 0.218 e. The van der Waals surface area contributed by atoms with Gasteiger partial charge in [-0.2, -0.15) is 4.98 Å². The average Bonchev–Trinajstić information content (AvgIpc) is 2.27. The fourth-order valence-corrected chi connectivity index (χ4v) is 1.65. The third kappa shape index (κ3) is 6.41. The van der Waals surface area contributed by atoms with Gasteiger partial charge in [0.25, 0.3) is 0 Å². The fourth-order valence-electron chi connectivity index (χ4n) is 1.65. The lowest BCUT2D eigenvalue weighted by molar-refractivity contribution is 0.296. The van der Waals surface area contributed by atoms with Crippen LogP contribution in [0.3, 0.4) is 0 Å². The first-order valence-corrected chi connectivity index (χ1v) is 7.23. The van der Waals surface area contributed by atoms with E-state index in [2.05, 4.69) is 49.9 Å². The molecule has 0 unspecified atom stereocenters. The lowest BCUT2D eigenvalue weighted by atomic mass is 10.1. The van der Waals surface area contributed by atoms with Crippen LogP contribution in [0.4, 0.5) is 5.82 Å². The van der Waals surface area contributed by atoms with Crippen LogP contribution in [0.1, 0.15) is 59.7 Å². The number of nitrogens with zero attached hydrogens (tertiary/aromatic N) is 2. The first-order chi connectivity index (χ1) is 8.94. The monoisotopic (exact) mass is 265 g/mol. The SMILES string of the molecule is CCCCOc1cc(NC(C)(C)C)nc(CCC)n1. The molecule has 0 spiro atoms. The van der Waals surface area contributed by atoms with Crippen molar-refractivity contribution in [1.29, 1.82) is 0 Å². The Morgan fingerprint density at radius 2 is 1.89 bits per heavy atom. The summed E-state index contributed by atoms with van der Waals surface area (Å²) in [5, 5.41) is 3.38. The molecule has 0 aliphatic rings. The van der Waals surface area contributed by atoms with Crippen molar-refractivity contribution >= 4 is 5.82 Å². The summed E-state index contributed by atoms with van der Waals surface area (Å²) in [4.78, 5) is 8.99. The molecule has 0 aliphatic carbocycles. The predicted molar refractivity (Wildman–Crippen MR) is 79.8 cm³/mol. The predicted octanol–water partition coefficient (Wildman–Crippen LogP) is 3.82. The number of unbranched alkanes of at least 4 members (excludes halogenated alkanes) is 1. The van der Waals surface area contributed by atoms with Gasteiger partial charge >= 0.3 is 0 Å². The molecule has 1 aromatic heterocycles. The summed E-state index contributed by atoms with van der Waals surface area (Å²) < 4.78 is 5.70. The van der Waals surface area contributed by atoms with Crippen LogP contribution in [-0.4, -0.2) is 22.1 Å². The van der Waals surface area contributed by atoms with Gasteiger partial charge in [0.05, 0.1) is 6.61 Å². The first kappa shape index (κ1) is 15.7. The van der Waals surface area contributed by atoms with Crippen LogP contribution < -0.4 is 10.1 Å². The molecule has 108 valence electrons. The number of rotatable bonds is 7. The number of hydrogen-bond donors (Lipinski definition) is 1. The molecule has 0 amide bonds. The van der Waals surface area contributed by atoms with Gasteiger partial charge in [0.2, 0.25) is 5.88 Å². The molecule has 4 nitrogen and oxygen atoms in total. The summed E-state index contributed by atoms with van der Waals surface area (Å²) in [6.45, 7) is 11.3. The summed E-state index contributed by atoms with van der Waals surface area (Å²) in [6.07, 6.45) is 4.09. The normalized spacial score (nSPS) is 11.4. The zero-order valence-electron chi connectivity index (χ0n) is 12.9. The Hall–Kier alpha value is -1.32. The van der Waals surface area contributed by atoms with E-state index in [1.807, 2.05) is 6.07 Å². The Labute approximate surface area is 117 Å². The van der Waals surface area contributed by atoms with Gasteiger partial charge in [-0.1, -0.05) is 20.3 Å². The molecule has 0 aromatic carbocycles. The number of nitrogens with one attached hydrogen (secondary N) is 1. The fraction of sp³-hybridized carbons (Fsp3) is 0.733. The molecule has 0 saturated heterocycles. The molecular weight excluding hydrogens is 238 g/mol. The molecule has 1 heterocycles. The van der Waals surface area contributed by atoms with Crippen LogP contribution in [-0.2, 0) is 6.42 Å². The highest BCUT2D eigenvalue weighted by Crippen LogP contribution is 2.18. The molecule has 1 aromatic rings. The van der Waals surface area contributed by atoms with Gasteiger partial charge in [-0.15, -0.1) is 0 Å². The van der Waals surface area contributed by atoms with E-state index in [0.717, 1.165) is 37.3 Å². The Bertz CT molecular complexity index is 385.